The van der Waals surface area contributed by atoms with Gasteiger partial charge in [0.05, 0.1) is 5.69 Å². The van der Waals surface area contributed by atoms with Gasteiger partial charge in [0.1, 0.15) is 5.56 Å². The first kappa shape index (κ1) is 15.8. The largest absolute Gasteiger partial charge is 0.335 e. The van der Waals surface area contributed by atoms with Crippen LogP contribution in [-0.4, -0.2) is 38.0 Å². The summed E-state index contributed by atoms with van der Waals surface area (Å²) in [5.41, 5.74) is 4.63. The quantitative estimate of drug-likeness (QED) is 0.722. The van der Waals surface area contributed by atoms with E-state index in [4.69, 9.17) is 0 Å². The molecule has 25 heavy (non-hydrogen) atoms. The summed E-state index contributed by atoms with van der Waals surface area (Å²) < 4.78 is 1.68. The molecule has 1 saturated heterocycles. The molecule has 1 aromatic carbocycles. The summed E-state index contributed by atoms with van der Waals surface area (Å²) >= 11 is 0. The zero-order valence-electron chi connectivity index (χ0n) is 14.8. The second-order valence-electron chi connectivity index (χ2n) is 6.94. The third kappa shape index (κ3) is 2.60. The highest BCUT2D eigenvalue weighted by atomic mass is 16.2. The van der Waals surface area contributed by atoms with E-state index < -0.39 is 0 Å². The predicted octanol–water partition coefficient (Wildman–Crippen LogP) is 3.36. The van der Waals surface area contributed by atoms with Crippen LogP contribution in [0, 0.1) is 13.8 Å². The van der Waals surface area contributed by atoms with Crippen molar-refractivity contribution in [3.05, 3.63) is 65.1 Å². The standard InChI is InChI=1S/C20H22N4O/c1-13-7-4-5-8-17(13)16-11-14(2)23(12-16)20(25)18-15(3)22-24-10-6-9-21-19(18)24/h4-10,14,16H,11-12H2,1-3H3/t14-,16+/m0/s1. The number of aryl methyl sites for hydroxylation is 2. The number of rotatable bonds is 2. The van der Waals surface area contributed by atoms with Gasteiger partial charge < -0.3 is 4.90 Å². The van der Waals surface area contributed by atoms with E-state index in [1.165, 1.54) is 11.1 Å². The Bertz CT molecular complexity index is 946. The van der Waals surface area contributed by atoms with Crippen LogP contribution in [0.5, 0.6) is 0 Å². The summed E-state index contributed by atoms with van der Waals surface area (Å²) in [5, 5.41) is 4.43. The Labute approximate surface area is 147 Å². The van der Waals surface area contributed by atoms with E-state index in [1.54, 1.807) is 10.7 Å². The normalized spacial score (nSPS) is 20.4. The number of benzene rings is 1. The van der Waals surface area contributed by atoms with Crippen LogP contribution in [0.15, 0.2) is 42.7 Å². The van der Waals surface area contributed by atoms with Crippen LogP contribution < -0.4 is 0 Å². The van der Waals surface area contributed by atoms with E-state index in [2.05, 4.69) is 48.2 Å². The molecule has 4 rings (SSSR count). The minimum absolute atomic E-state index is 0.0368. The van der Waals surface area contributed by atoms with Crippen molar-refractivity contribution in [1.82, 2.24) is 19.5 Å². The lowest BCUT2D eigenvalue weighted by Gasteiger charge is -2.21. The van der Waals surface area contributed by atoms with Crippen molar-refractivity contribution in [2.24, 2.45) is 0 Å². The van der Waals surface area contributed by atoms with E-state index >= 15 is 0 Å². The SMILES string of the molecule is Cc1ccccc1[C@@H]1C[C@H](C)N(C(=O)c2c(C)nn3cccnc23)C1. The fraction of sp³-hybridized carbons (Fsp3) is 0.350. The monoisotopic (exact) mass is 334 g/mol. The van der Waals surface area contributed by atoms with E-state index in [0.29, 0.717) is 17.1 Å². The lowest BCUT2D eigenvalue weighted by Crippen LogP contribution is -2.34. The van der Waals surface area contributed by atoms with E-state index in [-0.39, 0.29) is 11.9 Å². The van der Waals surface area contributed by atoms with Crippen molar-refractivity contribution in [2.45, 2.75) is 39.2 Å². The van der Waals surface area contributed by atoms with Crippen molar-refractivity contribution < 1.29 is 4.79 Å². The van der Waals surface area contributed by atoms with Gasteiger partial charge in [0, 0.05) is 30.9 Å². The average Bonchev–Trinajstić information content (AvgIpc) is 3.14. The van der Waals surface area contributed by atoms with Gasteiger partial charge >= 0.3 is 0 Å². The molecule has 0 spiro atoms. The molecule has 2 atom stereocenters. The predicted molar refractivity (Wildman–Crippen MR) is 96.8 cm³/mol. The van der Waals surface area contributed by atoms with Crippen LogP contribution in [-0.2, 0) is 0 Å². The van der Waals surface area contributed by atoms with Crippen LogP contribution >= 0.6 is 0 Å². The molecule has 0 aliphatic carbocycles. The third-order valence-electron chi connectivity index (χ3n) is 5.25. The number of likely N-dealkylation sites (tertiary alicyclic amines) is 1. The van der Waals surface area contributed by atoms with E-state index in [0.717, 1.165) is 18.7 Å². The lowest BCUT2D eigenvalue weighted by molar-refractivity contribution is 0.0747. The Hall–Kier alpha value is -2.69. The Kier molecular flexibility index (Phi) is 3.79. The molecule has 3 aromatic rings. The van der Waals surface area contributed by atoms with Gasteiger partial charge in [-0.3, -0.25) is 4.79 Å². The minimum Gasteiger partial charge on any atom is -0.335 e. The minimum atomic E-state index is 0.0368. The van der Waals surface area contributed by atoms with E-state index in [1.807, 2.05) is 24.1 Å². The zero-order valence-corrected chi connectivity index (χ0v) is 14.8. The van der Waals surface area contributed by atoms with Crippen molar-refractivity contribution >= 4 is 11.6 Å². The van der Waals surface area contributed by atoms with Crippen molar-refractivity contribution in [3.63, 3.8) is 0 Å². The van der Waals surface area contributed by atoms with Gasteiger partial charge in [-0.25, -0.2) is 9.50 Å². The number of carbonyl (C=O) groups is 1. The van der Waals surface area contributed by atoms with Crippen LogP contribution in [0.25, 0.3) is 5.65 Å². The number of hydrogen-bond donors (Lipinski definition) is 0. The molecule has 3 heterocycles. The maximum Gasteiger partial charge on any atom is 0.259 e. The first-order valence-electron chi connectivity index (χ1n) is 8.72. The highest BCUT2D eigenvalue weighted by Crippen LogP contribution is 2.34. The number of amides is 1. The Morgan fingerprint density at radius 2 is 2.00 bits per heavy atom. The zero-order chi connectivity index (χ0) is 17.6. The Morgan fingerprint density at radius 3 is 2.80 bits per heavy atom. The van der Waals surface area contributed by atoms with Crippen molar-refractivity contribution in [1.29, 1.82) is 0 Å². The van der Waals surface area contributed by atoms with Gasteiger partial charge in [-0.1, -0.05) is 24.3 Å². The molecule has 1 fully saturated rings. The molecule has 1 aliphatic heterocycles. The van der Waals surface area contributed by atoms with Crippen LogP contribution in [0.1, 0.15) is 46.4 Å². The highest BCUT2D eigenvalue weighted by molar-refractivity contribution is 6.01. The molecule has 0 unspecified atom stereocenters. The van der Waals surface area contributed by atoms with Gasteiger partial charge in [0.15, 0.2) is 5.65 Å². The highest BCUT2D eigenvalue weighted by Gasteiger charge is 2.36. The lowest BCUT2D eigenvalue weighted by atomic mass is 9.93. The van der Waals surface area contributed by atoms with Crippen LogP contribution in [0.3, 0.4) is 0 Å². The van der Waals surface area contributed by atoms with E-state index in [9.17, 15) is 4.79 Å². The number of nitrogens with zero attached hydrogens (tertiary/aromatic N) is 4. The van der Waals surface area contributed by atoms with Crippen LogP contribution in [0.2, 0.25) is 0 Å². The summed E-state index contributed by atoms with van der Waals surface area (Å²) in [4.78, 5) is 19.6. The summed E-state index contributed by atoms with van der Waals surface area (Å²) in [6, 6.07) is 10.5. The van der Waals surface area contributed by atoms with Crippen LogP contribution in [0.4, 0.5) is 0 Å². The van der Waals surface area contributed by atoms with Gasteiger partial charge in [-0.2, -0.15) is 5.10 Å². The topological polar surface area (TPSA) is 50.5 Å². The molecule has 5 heteroatoms. The third-order valence-corrected chi connectivity index (χ3v) is 5.25. The maximum atomic E-state index is 13.2. The Balaban J connectivity index is 1.67. The number of carbonyl (C=O) groups excluding carboxylic acids is 1. The molecule has 0 radical (unpaired) electrons. The first-order chi connectivity index (χ1) is 12.1. The van der Waals surface area contributed by atoms with Gasteiger partial charge in [-0.05, 0) is 44.4 Å². The van der Waals surface area contributed by atoms with Crippen molar-refractivity contribution in [2.75, 3.05) is 6.54 Å². The summed E-state index contributed by atoms with van der Waals surface area (Å²) in [5.74, 6) is 0.421. The van der Waals surface area contributed by atoms with Gasteiger partial charge in [-0.15, -0.1) is 0 Å². The number of fused-ring (bicyclic) bond motifs is 1. The first-order valence-corrected chi connectivity index (χ1v) is 8.72. The Morgan fingerprint density at radius 1 is 1.20 bits per heavy atom. The van der Waals surface area contributed by atoms with Gasteiger partial charge in [0.2, 0.25) is 0 Å². The molecule has 1 aliphatic rings. The molecular formula is C20H22N4O. The average molecular weight is 334 g/mol. The maximum absolute atomic E-state index is 13.2. The summed E-state index contributed by atoms with van der Waals surface area (Å²) in [6.07, 6.45) is 4.52. The molecular weight excluding hydrogens is 312 g/mol. The molecule has 2 aromatic heterocycles. The summed E-state index contributed by atoms with van der Waals surface area (Å²) in [7, 11) is 0. The molecule has 0 bridgehead atoms. The van der Waals surface area contributed by atoms with Gasteiger partial charge in [0.25, 0.3) is 5.91 Å². The van der Waals surface area contributed by atoms with Crippen molar-refractivity contribution in [3.8, 4) is 0 Å². The second kappa shape index (κ2) is 5.99. The number of hydrogen-bond acceptors (Lipinski definition) is 3. The smallest absolute Gasteiger partial charge is 0.259 e. The molecule has 5 nitrogen and oxygen atoms in total. The fourth-order valence-corrected chi connectivity index (χ4v) is 3.97. The molecule has 128 valence electrons. The fourth-order valence-electron chi connectivity index (χ4n) is 3.97. The molecule has 0 N–H and O–H groups in total. The molecule has 0 saturated carbocycles. The second-order valence-corrected chi connectivity index (χ2v) is 6.94. The number of aromatic nitrogens is 3. The summed E-state index contributed by atoms with van der Waals surface area (Å²) in [6.45, 7) is 6.89. The molecule has 1 amide bonds.